The largest absolute Gasteiger partial charge is 0.380 e. The van der Waals surface area contributed by atoms with E-state index in [9.17, 15) is 4.79 Å². The predicted molar refractivity (Wildman–Crippen MR) is 92.8 cm³/mol. The summed E-state index contributed by atoms with van der Waals surface area (Å²) in [6, 6.07) is 0. The number of carbonyl (C=O) groups is 1. The highest BCUT2D eigenvalue weighted by atomic mass is 32.2. The molecule has 5 heteroatoms. The van der Waals surface area contributed by atoms with Crippen molar-refractivity contribution in [1.82, 2.24) is 5.32 Å². The van der Waals surface area contributed by atoms with Crippen LogP contribution in [0, 0.1) is 0 Å². The third kappa shape index (κ3) is 5.32. The Morgan fingerprint density at radius 1 is 1.48 bits per heavy atom. The summed E-state index contributed by atoms with van der Waals surface area (Å²) in [7, 11) is 1.70. The molecule has 0 saturated carbocycles. The Morgan fingerprint density at radius 3 is 2.48 bits per heavy atom. The van der Waals surface area contributed by atoms with Gasteiger partial charge in [-0.25, -0.2) is 0 Å². The molecular weight excluding hydrogens is 284 g/mol. The second-order valence-electron chi connectivity index (χ2n) is 4.87. The van der Waals surface area contributed by atoms with Crippen LogP contribution in [0.15, 0.2) is 29.0 Å². The van der Waals surface area contributed by atoms with Gasteiger partial charge in [-0.3, -0.25) is 9.79 Å². The maximum atomic E-state index is 11.9. The molecule has 0 amide bonds. The van der Waals surface area contributed by atoms with Crippen molar-refractivity contribution >= 4 is 23.1 Å². The summed E-state index contributed by atoms with van der Waals surface area (Å²) < 4.78 is 5.27. The molecule has 120 valence electrons. The fourth-order valence-electron chi connectivity index (χ4n) is 2.23. The summed E-state index contributed by atoms with van der Waals surface area (Å²) in [5.41, 5.74) is 3.35. The normalized spacial score (nSPS) is 17.0. The van der Waals surface area contributed by atoms with Crippen molar-refractivity contribution in [1.29, 1.82) is 0 Å². The summed E-state index contributed by atoms with van der Waals surface area (Å²) in [6.45, 7) is 14.0. The molecule has 21 heavy (non-hydrogen) atoms. The molecule has 1 unspecified atom stereocenters. The number of methoxy groups -OCH3 is 1. The summed E-state index contributed by atoms with van der Waals surface area (Å²) >= 11 is 1.58. The van der Waals surface area contributed by atoms with Crippen LogP contribution in [0.1, 0.15) is 41.0 Å². The quantitative estimate of drug-likeness (QED) is 0.381. The molecule has 2 atom stereocenters. The van der Waals surface area contributed by atoms with E-state index in [1.165, 1.54) is 6.20 Å². The van der Waals surface area contributed by atoms with E-state index in [0.29, 0.717) is 5.70 Å². The van der Waals surface area contributed by atoms with Gasteiger partial charge < -0.3 is 10.1 Å². The van der Waals surface area contributed by atoms with E-state index < -0.39 is 0 Å². The molecule has 0 aromatic heterocycles. The van der Waals surface area contributed by atoms with Crippen molar-refractivity contribution in [3.63, 3.8) is 0 Å². The summed E-state index contributed by atoms with van der Waals surface area (Å²) in [5, 5.41) is 2.96. The Kier molecular flexibility index (Phi) is 9.29. The molecule has 4 nitrogen and oxygen atoms in total. The minimum absolute atomic E-state index is 0.0161. The number of allylic oxidation sites excluding steroid dienone is 1. The number of hydrogen-bond donors (Lipinski definition) is 1. The first-order valence-corrected chi connectivity index (χ1v) is 8.05. The van der Waals surface area contributed by atoms with Gasteiger partial charge in [-0.2, -0.15) is 0 Å². The lowest BCUT2D eigenvalue weighted by molar-refractivity contribution is -0.114. The Balaban J connectivity index is 5.84. The average molecular weight is 312 g/mol. The number of hydrogen-bond acceptors (Lipinski definition) is 5. The third-order valence-corrected chi connectivity index (χ3v) is 4.86. The maximum Gasteiger partial charge on any atom is 0.175 e. The molecule has 0 aromatic carbocycles. The molecule has 0 aliphatic carbocycles. The standard InChI is InChI=1S/C16H28N2O2S/c1-8-14(20-7)16(6,21-11-17-9-2)12(4)15(13(5)19)18-10-3/h10-11,14,18H,3,8-9H2,1-2,4-7H3/b15-12-,17-11?/t14?,16-/m1/s1. The zero-order chi connectivity index (χ0) is 16.5. The molecule has 0 rings (SSSR count). The summed E-state index contributed by atoms with van der Waals surface area (Å²) in [6.07, 6.45) is 2.35. The number of carbonyl (C=O) groups excluding carboxylic acids is 1. The van der Waals surface area contributed by atoms with E-state index in [4.69, 9.17) is 4.74 Å². The second kappa shape index (κ2) is 9.79. The van der Waals surface area contributed by atoms with Gasteiger partial charge in [-0.1, -0.05) is 13.5 Å². The number of ketones is 1. The van der Waals surface area contributed by atoms with Crippen molar-refractivity contribution in [3.05, 3.63) is 24.0 Å². The van der Waals surface area contributed by atoms with Crippen molar-refractivity contribution in [2.45, 2.75) is 51.9 Å². The van der Waals surface area contributed by atoms with Gasteiger partial charge >= 0.3 is 0 Å². The molecule has 0 radical (unpaired) electrons. The predicted octanol–water partition coefficient (Wildman–Crippen LogP) is 3.55. The Bertz CT molecular complexity index is 415. The first-order chi connectivity index (χ1) is 9.88. The van der Waals surface area contributed by atoms with Gasteiger partial charge in [0.15, 0.2) is 5.78 Å². The lowest BCUT2D eigenvalue weighted by Gasteiger charge is -2.36. The van der Waals surface area contributed by atoms with E-state index in [0.717, 1.165) is 18.5 Å². The Morgan fingerprint density at radius 2 is 2.10 bits per heavy atom. The molecule has 0 fully saturated rings. The molecule has 0 spiro atoms. The summed E-state index contributed by atoms with van der Waals surface area (Å²) in [5.74, 6) is -0.0161. The van der Waals surface area contributed by atoms with Crippen LogP contribution in [0.2, 0.25) is 0 Å². The lowest BCUT2D eigenvalue weighted by Crippen LogP contribution is -2.40. The highest BCUT2D eigenvalue weighted by Crippen LogP contribution is 2.38. The number of thioether (sulfide) groups is 1. The Hall–Kier alpha value is -1.07. The van der Waals surface area contributed by atoms with Crippen LogP contribution < -0.4 is 5.32 Å². The minimum atomic E-state index is -0.376. The molecule has 0 heterocycles. The average Bonchev–Trinajstić information content (AvgIpc) is 2.45. The van der Waals surface area contributed by atoms with E-state index in [1.54, 1.807) is 25.8 Å². The van der Waals surface area contributed by atoms with Gasteiger partial charge in [-0.15, -0.1) is 11.8 Å². The zero-order valence-corrected chi connectivity index (χ0v) is 14.8. The van der Waals surface area contributed by atoms with Gasteiger partial charge in [-0.05, 0) is 39.0 Å². The molecule has 1 N–H and O–H groups in total. The van der Waals surface area contributed by atoms with E-state index in [1.807, 2.05) is 19.4 Å². The van der Waals surface area contributed by atoms with Gasteiger partial charge in [0.1, 0.15) is 0 Å². The van der Waals surface area contributed by atoms with Crippen LogP contribution in [0.3, 0.4) is 0 Å². The zero-order valence-electron chi connectivity index (χ0n) is 14.0. The SMILES string of the molecule is C=CN/C(C(C)=O)=C(/C)[C@@](C)(SC=NCC)C(CC)OC. The summed E-state index contributed by atoms with van der Waals surface area (Å²) in [4.78, 5) is 16.2. The molecule has 0 saturated heterocycles. The smallest absolute Gasteiger partial charge is 0.175 e. The first-order valence-electron chi connectivity index (χ1n) is 7.17. The van der Waals surface area contributed by atoms with Gasteiger partial charge in [0.25, 0.3) is 0 Å². The maximum absolute atomic E-state index is 11.9. The lowest BCUT2D eigenvalue weighted by atomic mass is 9.91. The van der Waals surface area contributed by atoms with Gasteiger partial charge in [0.2, 0.25) is 0 Å². The molecule has 0 aliphatic rings. The first kappa shape index (κ1) is 19.9. The number of Topliss-reactive ketones (excluding diaryl/α,β-unsaturated/α-hetero) is 1. The topological polar surface area (TPSA) is 50.7 Å². The van der Waals surface area contributed by atoms with Gasteiger partial charge in [0, 0.05) is 20.6 Å². The number of nitrogens with zero attached hydrogens (tertiary/aromatic N) is 1. The van der Waals surface area contributed by atoms with Crippen molar-refractivity contribution in [2.24, 2.45) is 4.99 Å². The molecular formula is C16H28N2O2S. The fourth-order valence-corrected chi connectivity index (χ4v) is 3.37. The number of aliphatic imine (C=N–C) groups is 1. The highest BCUT2D eigenvalue weighted by molar-refractivity contribution is 8.13. The number of rotatable bonds is 10. The second-order valence-corrected chi connectivity index (χ2v) is 6.16. The van der Waals surface area contributed by atoms with Crippen LogP contribution in [-0.2, 0) is 9.53 Å². The van der Waals surface area contributed by atoms with Crippen LogP contribution in [0.5, 0.6) is 0 Å². The van der Waals surface area contributed by atoms with Crippen LogP contribution in [-0.4, -0.2) is 35.8 Å². The van der Waals surface area contributed by atoms with Crippen LogP contribution in [0.4, 0.5) is 0 Å². The number of ether oxygens (including phenoxy) is 1. The fraction of sp³-hybridized carbons (Fsp3) is 0.625. The number of nitrogens with one attached hydrogen (secondary N) is 1. The monoisotopic (exact) mass is 312 g/mol. The highest BCUT2D eigenvalue weighted by Gasteiger charge is 2.37. The van der Waals surface area contributed by atoms with E-state index in [2.05, 4.69) is 30.7 Å². The minimum Gasteiger partial charge on any atom is -0.380 e. The molecule has 0 bridgehead atoms. The third-order valence-electron chi connectivity index (χ3n) is 3.54. The van der Waals surface area contributed by atoms with E-state index >= 15 is 0 Å². The Labute approximate surface area is 133 Å². The van der Waals surface area contributed by atoms with Gasteiger partial charge in [0.05, 0.1) is 22.1 Å². The van der Waals surface area contributed by atoms with Crippen molar-refractivity contribution in [2.75, 3.05) is 13.7 Å². The van der Waals surface area contributed by atoms with E-state index in [-0.39, 0.29) is 16.6 Å². The van der Waals surface area contributed by atoms with Crippen molar-refractivity contribution in [3.8, 4) is 0 Å². The van der Waals surface area contributed by atoms with Crippen LogP contribution in [0.25, 0.3) is 0 Å². The van der Waals surface area contributed by atoms with Crippen LogP contribution >= 0.6 is 11.8 Å². The molecule has 0 aromatic rings. The van der Waals surface area contributed by atoms with Crippen molar-refractivity contribution < 1.29 is 9.53 Å². The molecule has 0 aliphatic heterocycles.